The minimum Gasteiger partial charge on any atom is -0.380 e. The fraction of sp³-hybridized carbons (Fsp3) is 0.375. The molecule has 2 N–H and O–H groups in total. The third-order valence-corrected chi connectivity index (χ3v) is 2.14. The molecule has 86 valence electrons. The van der Waals surface area contributed by atoms with Gasteiger partial charge < -0.3 is 5.73 Å². The number of halogens is 2. The van der Waals surface area contributed by atoms with Gasteiger partial charge in [-0.2, -0.15) is 5.10 Å². The van der Waals surface area contributed by atoms with Gasteiger partial charge in [0.15, 0.2) is 5.82 Å². The van der Waals surface area contributed by atoms with Gasteiger partial charge in [-0.3, -0.25) is 4.68 Å². The molecule has 0 aromatic carbocycles. The van der Waals surface area contributed by atoms with Crippen LogP contribution in [0.15, 0.2) is 12.3 Å². The Balaban J connectivity index is 2.47. The second kappa shape index (κ2) is 3.87. The summed E-state index contributed by atoms with van der Waals surface area (Å²) in [5.74, 6) is 0.115. The second-order valence-electron chi connectivity index (χ2n) is 3.24. The molecule has 16 heavy (non-hydrogen) atoms. The van der Waals surface area contributed by atoms with E-state index in [0.29, 0.717) is 11.4 Å². The smallest absolute Gasteiger partial charge is 0.258 e. The van der Waals surface area contributed by atoms with Gasteiger partial charge in [0.25, 0.3) is 6.43 Å². The monoisotopic (exact) mass is 228 g/mol. The Morgan fingerprint density at radius 3 is 2.81 bits per heavy atom. The average Bonchev–Trinajstić information content (AvgIpc) is 2.73. The molecule has 0 radical (unpaired) electrons. The predicted octanol–water partition coefficient (Wildman–Crippen LogP) is 0.526. The standard InChI is InChI=1S/C8H10F2N6/c1-15-5(2-3-12-15)7-8(11)13-14-16(7)4-6(9)10/h2-3,6H,4,11H2,1H3. The van der Waals surface area contributed by atoms with Crippen molar-refractivity contribution in [2.24, 2.45) is 7.05 Å². The first kappa shape index (κ1) is 10.5. The molecular weight excluding hydrogens is 218 g/mol. The molecule has 0 aliphatic rings. The summed E-state index contributed by atoms with van der Waals surface area (Å²) in [5, 5.41) is 11.1. The number of aromatic nitrogens is 5. The first-order valence-corrected chi connectivity index (χ1v) is 4.55. The number of hydrogen-bond donors (Lipinski definition) is 1. The molecule has 0 unspecified atom stereocenters. The van der Waals surface area contributed by atoms with E-state index in [9.17, 15) is 8.78 Å². The molecule has 0 fully saturated rings. The van der Waals surface area contributed by atoms with Crippen LogP contribution in [0.25, 0.3) is 11.4 Å². The molecule has 2 aromatic heterocycles. The van der Waals surface area contributed by atoms with E-state index in [-0.39, 0.29) is 5.82 Å². The molecular formula is C8H10F2N6. The zero-order valence-corrected chi connectivity index (χ0v) is 8.51. The largest absolute Gasteiger partial charge is 0.380 e. The molecule has 2 heterocycles. The zero-order chi connectivity index (χ0) is 11.7. The molecule has 2 aromatic rings. The van der Waals surface area contributed by atoms with Crippen LogP contribution in [0.3, 0.4) is 0 Å². The lowest BCUT2D eigenvalue weighted by Gasteiger charge is -2.06. The van der Waals surface area contributed by atoms with Crippen molar-refractivity contribution in [3.8, 4) is 11.4 Å². The van der Waals surface area contributed by atoms with Crippen LogP contribution in [0.4, 0.5) is 14.6 Å². The highest BCUT2D eigenvalue weighted by atomic mass is 19.3. The summed E-state index contributed by atoms with van der Waals surface area (Å²) < 4.78 is 27.2. The Bertz CT molecular complexity index is 488. The zero-order valence-electron chi connectivity index (χ0n) is 8.51. The van der Waals surface area contributed by atoms with E-state index in [0.717, 1.165) is 4.68 Å². The van der Waals surface area contributed by atoms with Crippen molar-refractivity contribution < 1.29 is 8.78 Å². The third kappa shape index (κ3) is 1.73. The summed E-state index contributed by atoms with van der Waals surface area (Å²) in [5.41, 5.74) is 6.56. The number of alkyl halides is 2. The predicted molar refractivity (Wildman–Crippen MR) is 52.6 cm³/mol. The maximum Gasteiger partial charge on any atom is 0.258 e. The van der Waals surface area contributed by atoms with Gasteiger partial charge in [0.2, 0.25) is 0 Å². The number of nitrogens with two attached hydrogens (primary N) is 1. The third-order valence-electron chi connectivity index (χ3n) is 2.14. The van der Waals surface area contributed by atoms with Crippen molar-refractivity contribution >= 4 is 5.82 Å². The van der Waals surface area contributed by atoms with Crippen molar-refractivity contribution in [3.05, 3.63) is 12.3 Å². The van der Waals surface area contributed by atoms with Crippen LogP contribution in [0, 0.1) is 0 Å². The Hall–Kier alpha value is -1.99. The lowest BCUT2D eigenvalue weighted by molar-refractivity contribution is 0.121. The molecule has 0 saturated heterocycles. The average molecular weight is 228 g/mol. The summed E-state index contributed by atoms with van der Waals surface area (Å²) in [4.78, 5) is 0. The van der Waals surface area contributed by atoms with Crippen molar-refractivity contribution in [1.82, 2.24) is 24.8 Å². The van der Waals surface area contributed by atoms with Crippen LogP contribution in [0.1, 0.15) is 0 Å². The van der Waals surface area contributed by atoms with Gasteiger partial charge in [-0.1, -0.05) is 5.21 Å². The summed E-state index contributed by atoms with van der Waals surface area (Å²) in [7, 11) is 1.69. The molecule has 6 nitrogen and oxygen atoms in total. The van der Waals surface area contributed by atoms with E-state index >= 15 is 0 Å². The quantitative estimate of drug-likeness (QED) is 0.831. The van der Waals surface area contributed by atoms with Crippen LogP contribution in [0.2, 0.25) is 0 Å². The fourth-order valence-electron chi connectivity index (χ4n) is 1.45. The normalized spacial score (nSPS) is 11.2. The van der Waals surface area contributed by atoms with Crippen LogP contribution >= 0.6 is 0 Å². The van der Waals surface area contributed by atoms with E-state index in [1.807, 2.05) is 0 Å². The van der Waals surface area contributed by atoms with Crippen LogP contribution in [-0.4, -0.2) is 31.2 Å². The van der Waals surface area contributed by atoms with Gasteiger partial charge >= 0.3 is 0 Å². The molecule has 0 aliphatic carbocycles. The molecule has 0 atom stereocenters. The molecule has 0 aliphatic heterocycles. The van der Waals surface area contributed by atoms with Crippen molar-refractivity contribution in [2.75, 3.05) is 5.73 Å². The highest BCUT2D eigenvalue weighted by Gasteiger charge is 2.17. The maximum absolute atomic E-state index is 12.3. The fourth-order valence-corrected chi connectivity index (χ4v) is 1.45. The minimum atomic E-state index is -2.51. The molecule has 0 amide bonds. The van der Waals surface area contributed by atoms with E-state index < -0.39 is 13.0 Å². The van der Waals surface area contributed by atoms with E-state index in [2.05, 4.69) is 15.4 Å². The van der Waals surface area contributed by atoms with Gasteiger partial charge in [-0.05, 0) is 6.07 Å². The van der Waals surface area contributed by atoms with Gasteiger partial charge in [0.1, 0.15) is 12.2 Å². The van der Waals surface area contributed by atoms with Crippen LogP contribution in [0.5, 0.6) is 0 Å². The Labute approximate surface area is 89.7 Å². The molecule has 2 rings (SSSR count). The van der Waals surface area contributed by atoms with Crippen LogP contribution in [-0.2, 0) is 13.6 Å². The topological polar surface area (TPSA) is 74.6 Å². The first-order valence-electron chi connectivity index (χ1n) is 4.55. The number of nitrogen functional groups attached to an aromatic ring is 1. The van der Waals surface area contributed by atoms with Crippen molar-refractivity contribution in [1.29, 1.82) is 0 Å². The lowest BCUT2D eigenvalue weighted by atomic mass is 10.3. The lowest BCUT2D eigenvalue weighted by Crippen LogP contribution is -2.11. The summed E-state index contributed by atoms with van der Waals surface area (Å²) in [6.07, 6.45) is -0.956. The molecule has 0 saturated carbocycles. The maximum atomic E-state index is 12.3. The van der Waals surface area contributed by atoms with E-state index in [1.54, 1.807) is 19.3 Å². The second-order valence-corrected chi connectivity index (χ2v) is 3.24. The molecule has 0 bridgehead atoms. The SMILES string of the molecule is Cn1nccc1-c1c(N)nnn1CC(F)F. The number of aryl methyl sites for hydroxylation is 1. The number of nitrogens with zero attached hydrogens (tertiary/aromatic N) is 5. The Morgan fingerprint density at radius 1 is 1.50 bits per heavy atom. The van der Waals surface area contributed by atoms with Crippen LogP contribution < -0.4 is 5.73 Å². The van der Waals surface area contributed by atoms with Gasteiger partial charge in [0.05, 0.1) is 5.69 Å². The Morgan fingerprint density at radius 2 is 2.25 bits per heavy atom. The van der Waals surface area contributed by atoms with Gasteiger partial charge in [-0.25, -0.2) is 13.5 Å². The van der Waals surface area contributed by atoms with E-state index in [4.69, 9.17) is 5.73 Å². The summed E-state index contributed by atoms with van der Waals surface area (Å²) in [6.45, 7) is -0.537. The summed E-state index contributed by atoms with van der Waals surface area (Å²) >= 11 is 0. The Kier molecular flexibility index (Phi) is 2.55. The summed E-state index contributed by atoms with van der Waals surface area (Å²) in [6, 6.07) is 1.66. The molecule has 0 spiro atoms. The highest BCUT2D eigenvalue weighted by molar-refractivity contribution is 5.66. The number of hydrogen-bond acceptors (Lipinski definition) is 4. The van der Waals surface area contributed by atoms with Gasteiger partial charge in [0, 0.05) is 13.2 Å². The van der Waals surface area contributed by atoms with E-state index in [1.165, 1.54) is 4.68 Å². The molecule has 8 heteroatoms. The first-order chi connectivity index (χ1) is 7.59. The highest BCUT2D eigenvalue weighted by Crippen LogP contribution is 2.23. The van der Waals surface area contributed by atoms with Crippen molar-refractivity contribution in [3.63, 3.8) is 0 Å². The van der Waals surface area contributed by atoms with Crippen molar-refractivity contribution in [2.45, 2.75) is 13.0 Å². The number of rotatable bonds is 3. The minimum absolute atomic E-state index is 0.115. The number of anilines is 1. The van der Waals surface area contributed by atoms with Gasteiger partial charge in [-0.15, -0.1) is 5.10 Å².